The number of nitrogens with zero attached hydrogens (tertiary/aromatic N) is 2. The number of esters is 1. The third-order valence-corrected chi connectivity index (χ3v) is 6.30. The molecule has 8 heteroatoms. The Hall–Kier alpha value is -3.68. The van der Waals surface area contributed by atoms with Gasteiger partial charge in [-0.25, -0.2) is 9.78 Å². The molecular formula is C26H19ClN2O4S. The first-order valence-corrected chi connectivity index (χ1v) is 11.9. The molecule has 3 aromatic carbocycles. The Morgan fingerprint density at radius 1 is 0.941 bits per heavy atom. The van der Waals surface area contributed by atoms with Gasteiger partial charge in [-0.15, -0.1) is 0 Å². The van der Waals surface area contributed by atoms with Gasteiger partial charge in [-0.2, -0.15) is 0 Å². The van der Waals surface area contributed by atoms with Crippen LogP contribution in [0.25, 0.3) is 0 Å². The number of carbonyl (C=O) groups excluding carboxylic acids is 1. The molecule has 0 aliphatic rings. The zero-order valence-corrected chi connectivity index (χ0v) is 19.6. The summed E-state index contributed by atoms with van der Waals surface area (Å²) in [6, 6.07) is 27.6. The lowest BCUT2D eigenvalue weighted by atomic mass is 9.79. The van der Waals surface area contributed by atoms with Gasteiger partial charge in [0, 0.05) is 39.9 Å². The number of nitro groups is 1. The van der Waals surface area contributed by atoms with Crippen LogP contribution in [0.2, 0.25) is 0 Å². The highest BCUT2D eigenvalue weighted by molar-refractivity contribution is 8.21. The predicted molar refractivity (Wildman–Crippen MR) is 132 cm³/mol. The molecule has 0 N–H and O–H groups in total. The number of hydrogen-bond donors (Lipinski definition) is 0. The van der Waals surface area contributed by atoms with Crippen LogP contribution in [-0.2, 0) is 10.3 Å². The Labute approximate surface area is 205 Å². The molecule has 0 fully saturated rings. The Kier molecular flexibility index (Phi) is 6.95. The molecule has 34 heavy (non-hydrogen) atoms. The fourth-order valence-corrected chi connectivity index (χ4v) is 4.41. The second kappa shape index (κ2) is 10.1. The van der Waals surface area contributed by atoms with Crippen molar-refractivity contribution in [1.29, 1.82) is 0 Å². The van der Waals surface area contributed by atoms with Gasteiger partial charge in [0.25, 0.3) is 0 Å². The van der Waals surface area contributed by atoms with Gasteiger partial charge in [-0.3, -0.25) is 10.1 Å². The maximum Gasteiger partial charge on any atom is 0.341 e. The predicted octanol–water partition coefficient (Wildman–Crippen LogP) is 6.69. The maximum absolute atomic E-state index is 13.5. The molecule has 0 atom stereocenters. The summed E-state index contributed by atoms with van der Waals surface area (Å²) < 4.78 is 6.29. The number of halogens is 1. The van der Waals surface area contributed by atoms with Gasteiger partial charge < -0.3 is 4.74 Å². The molecule has 1 aromatic heterocycles. The van der Waals surface area contributed by atoms with Gasteiger partial charge in [0.1, 0.15) is 0 Å². The van der Waals surface area contributed by atoms with E-state index in [4.69, 9.17) is 15.4 Å². The second-order valence-electron chi connectivity index (χ2n) is 7.55. The fourth-order valence-electron chi connectivity index (χ4n) is 3.75. The summed E-state index contributed by atoms with van der Waals surface area (Å²) in [5, 5.41) is 11.5. The van der Waals surface area contributed by atoms with Crippen LogP contribution in [0.3, 0.4) is 0 Å². The molecule has 0 spiro atoms. The third-order valence-electron chi connectivity index (χ3n) is 5.40. The highest BCUT2D eigenvalue weighted by Crippen LogP contribution is 2.41. The Balaban J connectivity index is 1.92. The highest BCUT2D eigenvalue weighted by atomic mass is 35.7. The molecule has 0 aliphatic heterocycles. The minimum atomic E-state index is -1.30. The molecule has 1 heterocycles. The summed E-state index contributed by atoms with van der Waals surface area (Å²) in [6.07, 6.45) is 1.23. The quantitative estimate of drug-likeness (QED) is 0.124. The van der Waals surface area contributed by atoms with Crippen molar-refractivity contribution in [2.45, 2.75) is 17.6 Å². The normalized spacial score (nSPS) is 11.1. The van der Waals surface area contributed by atoms with Gasteiger partial charge in [-0.05, 0) is 17.6 Å². The molecule has 0 saturated carbocycles. The van der Waals surface area contributed by atoms with Crippen molar-refractivity contribution in [1.82, 2.24) is 4.98 Å². The molecular weight excluding hydrogens is 472 g/mol. The van der Waals surface area contributed by atoms with Crippen molar-refractivity contribution >= 4 is 33.3 Å². The minimum Gasteiger partial charge on any atom is -0.441 e. The van der Waals surface area contributed by atoms with Crippen molar-refractivity contribution in [3.63, 3.8) is 0 Å². The van der Waals surface area contributed by atoms with E-state index in [2.05, 4.69) is 4.98 Å². The van der Waals surface area contributed by atoms with Crippen molar-refractivity contribution in [3.05, 3.63) is 135 Å². The molecule has 170 valence electrons. The van der Waals surface area contributed by atoms with Crippen molar-refractivity contribution in [2.75, 3.05) is 0 Å². The molecule has 6 nitrogen and oxygen atoms in total. The summed E-state index contributed by atoms with van der Waals surface area (Å²) in [4.78, 5) is 28.3. The van der Waals surface area contributed by atoms with Gasteiger partial charge in [-0.1, -0.05) is 90.5 Å². The second-order valence-corrected chi connectivity index (χ2v) is 8.56. The largest absolute Gasteiger partial charge is 0.441 e. The monoisotopic (exact) mass is 490 g/mol. The molecule has 4 rings (SSSR count). The molecule has 0 amide bonds. The molecule has 0 aliphatic carbocycles. The zero-order valence-electron chi connectivity index (χ0n) is 18.1. The SMILES string of the molecule is Cc1ccc(C(OC(=O)c2cnc(SCl)c([N+](=O)[O-])c2)(c2ccccc2)c2ccccc2)cc1. The average Bonchev–Trinajstić information content (AvgIpc) is 2.88. The van der Waals surface area contributed by atoms with Crippen LogP contribution < -0.4 is 0 Å². The molecule has 0 unspecified atom stereocenters. The van der Waals surface area contributed by atoms with Crippen LogP contribution in [0.1, 0.15) is 32.6 Å². The zero-order chi connectivity index (χ0) is 24.1. The lowest BCUT2D eigenvalue weighted by Gasteiger charge is -2.35. The van der Waals surface area contributed by atoms with Crippen molar-refractivity contribution in [2.24, 2.45) is 0 Å². The van der Waals surface area contributed by atoms with Crippen molar-refractivity contribution < 1.29 is 14.5 Å². The number of pyridine rings is 1. The van der Waals surface area contributed by atoms with Crippen LogP contribution in [0, 0.1) is 17.0 Å². The number of ether oxygens (including phenoxy) is 1. The summed E-state index contributed by atoms with van der Waals surface area (Å²) in [7, 11) is 6.32. The summed E-state index contributed by atoms with van der Waals surface area (Å²) in [5.41, 5.74) is 1.53. The highest BCUT2D eigenvalue weighted by Gasteiger charge is 2.41. The van der Waals surface area contributed by atoms with E-state index in [-0.39, 0.29) is 16.3 Å². The van der Waals surface area contributed by atoms with E-state index in [0.717, 1.165) is 28.3 Å². The van der Waals surface area contributed by atoms with E-state index in [0.29, 0.717) is 11.0 Å². The van der Waals surface area contributed by atoms with E-state index in [1.54, 1.807) is 0 Å². The number of aryl methyl sites for hydroxylation is 1. The number of benzene rings is 3. The fraction of sp³-hybridized carbons (Fsp3) is 0.0769. The molecule has 0 saturated heterocycles. The topological polar surface area (TPSA) is 82.3 Å². The smallest absolute Gasteiger partial charge is 0.341 e. The third kappa shape index (κ3) is 4.53. The first-order valence-electron chi connectivity index (χ1n) is 10.3. The summed E-state index contributed by atoms with van der Waals surface area (Å²) in [6.45, 7) is 1.98. The van der Waals surface area contributed by atoms with Crippen LogP contribution >= 0.6 is 21.7 Å². The first kappa shape index (κ1) is 23.5. The Bertz CT molecular complexity index is 1280. The van der Waals surface area contributed by atoms with E-state index < -0.39 is 16.5 Å². The van der Waals surface area contributed by atoms with E-state index >= 15 is 0 Å². The average molecular weight is 491 g/mol. The number of hydrogen-bond acceptors (Lipinski definition) is 6. The minimum absolute atomic E-state index is 0.000803. The van der Waals surface area contributed by atoms with Gasteiger partial charge >= 0.3 is 11.7 Å². The van der Waals surface area contributed by atoms with Crippen LogP contribution in [0.5, 0.6) is 0 Å². The number of carbonyl (C=O) groups is 1. The standard InChI is InChI=1S/C26H19ClN2O4S/c1-18-12-14-22(15-13-18)26(20-8-4-2-5-9-20,21-10-6-3-7-11-21)33-25(30)19-16-23(29(31)32)24(34-27)28-17-19/h2-17H,1H3. The number of aromatic nitrogens is 1. The van der Waals surface area contributed by atoms with Gasteiger partial charge in [0.05, 0.1) is 10.5 Å². The molecule has 0 bridgehead atoms. The number of rotatable bonds is 7. The van der Waals surface area contributed by atoms with E-state index in [1.165, 1.54) is 6.20 Å². The van der Waals surface area contributed by atoms with Gasteiger partial charge in [0.15, 0.2) is 10.6 Å². The lowest BCUT2D eigenvalue weighted by Crippen LogP contribution is -2.35. The summed E-state index contributed by atoms with van der Waals surface area (Å²) in [5.74, 6) is -0.755. The van der Waals surface area contributed by atoms with Crippen LogP contribution in [0.4, 0.5) is 5.69 Å². The lowest BCUT2D eigenvalue weighted by molar-refractivity contribution is -0.388. The van der Waals surface area contributed by atoms with E-state index in [1.807, 2.05) is 91.9 Å². The molecule has 0 radical (unpaired) electrons. The van der Waals surface area contributed by atoms with Gasteiger partial charge in [0.2, 0.25) is 0 Å². The summed E-state index contributed by atoms with van der Waals surface area (Å²) >= 11 is 0. The maximum atomic E-state index is 13.5. The Morgan fingerprint density at radius 2 is 1.47 bits per heavy atom. The molecule has 4 aromatic rings. The first-order chi connectivity index (χ1) is 16.5. The Morgan fingerprint density at radius 3 is 1.97 bits per heavy atom. The van der Waals surface area contributed by atoms with Crippen molar-refractivity contribution in [3.8, 4) is 0 Å². The van der Waals surface area contributed by atoms with E-state index in [9.17, 15) is 14.9 Å². The van der Waals surface area contributed by atoms with Crippen LogP contribution in [-0.4, -0.2) is 15.9 Å². The van der Waals surface area contributed by atoms with Crippen LogP contribution in [0.15, 0.2) is 102 Å².